The van der Waals surface area contributed by atoms with Gasteiger partial charge in [-0.1, -0.05) is 43.2 Å². The average molecular weight is 411 g/mol. The van der Waals surface area contributed by atoms with Crippen LogP contribution in [0.1, 0.15) is 36.8 Å². The lowest BCUT2D eigenvalue weighted by atomic mass is 9.81. The van der Waals surface area contributed by atoms with Crippen LogP contribution in [0.2, 0.25) is 0 Å². The highest BCUT2D eigenvalue weighted by atomic mass is 19.4. The lowest BCUT2D eigenvalue weighted by Gasteiger charge is -2.43. The number of hydrogen-bond donors (Lipinski definition) is 2. The van der Waals surface area contributed by atoms with E-state index in [4.69, 9.17) is 5.41 Å². The van der Waals surface area contributed by atoms with Gasteiger partial charge in [-0.05, 0) is 31.0 Å². The molecule has 1 aliphatic heterocycles. The van der Waals surface area contributed by atoms with Crippen LogP contribution in [0, 0.1) is 11.3 Å². The number of amidine groups is 2. The van der Waals surface area contributed by atoms with E-state index in [9.17, 15) is 13.2 Å². The summed E-state index contributed by atoms with van der Waals surface area (Å²) in [5, 5.41) is 16.8. The van der Waals surface area contributed by atoms with Crippen molar-refractivity contribution in [2.45, 2.75) is 37.9 Å². The van der Waals surface area contributed by atoms with Crippen LogP contribution in [0.5, 0.6) is 0 Å². The number of aromatic amines is 1. The molecule has 2 N–H and O–H groups in total. The molecule has 30 heavy (non-hydrogen) atoms. The van der Waals surface area contributed by atoms with E-state index in [1.807, 2.05) is 29.2 Å². The minimum atomic E-state index is -4.52. The fourth-order valence-corrected chi connectivity index (χ4v) is 4.65. The number of halogens is 3. The van der Waals surface area contributed by atoms with E-state index in [1.165, 1.54) is 12.1 Å². The number of fused-ring (bicyclic) bond motifs is 2. The molecule has 2 aliphatic rings. The van der Waals surface area contributed by atoms with Crippen molar-refractivity contribution in [3.05, 3.63) is 59.7 Å². The Morgan fingerprint density at radius 2 is 1.73 bits per heavy atom. The highest BCUT2D eigenvalue weighted by Gasteiger charge is 2.43. The number of benzene rings is 2. The zero-order valence-electron chi connectivity index (χ0n) is 16.1. The summed E-state index contributed by atoms with van der Waals surface area (Å²) in [4.78, 5) is 6.27. The Morgan fingerprint density at radius 3 is 2.57 bits per heavy atom. The van der Waals surface area contributed by atoms with Gasteiger partial charge in [-0.25, -0.2) is 4.99 Å². The van der Waals surface area contributed by atoms with Gasteiger partial charge < -0.3 is 4.90 Å². The third-order valence-electron chi connectivity index (χ3n) is 6.02. The van der Waals surface area contributed by atoms with E-state index >= 15 is 0 Å². The zero-order chi connectivity index (χ0) is 20.9. The molecule has 2 aromatic carbocycles. The fraction of sp³-hybridized carbons (Fsp3) is 0.318. The largest absolute Gasteiger partial charge is 0.417 e. The molecule has 0 radical (unpaired) electrons. The van der Waals surface area contributed by atoms with Crippen molar-refractivity contribution in [1.29, 1.82) is 5.41 Å². The van der Waals surface area contributed by atoms with Crippen LogP contribution in [-0.4, -0.2) is 27.9 Å². The Hall–Kier alpha value is -3.16. The summed E-state index contributed by atoms with van der Waals surface area (Å²) in [6, 6.07) is 12.8. The monoisotopic (exact) mass is 411 g/mol. The molecule has 1 aromatic heterocycles. The number of anilines is 1. The zero-order valence-corrected chi connectivity index (χ0v) is 16.1. The predicted octanol–water partition coefficient (Wildman–Crippen LogP) is 5.38. The first-order chi connectivity index (χ1) is 14.4. The molecular formula is C22H20F3N5. The van der Waals surface area contributed by atoms with Gasteiger partial charge in [-0.15, -0.1) is 0 Å². The van der Waals surface area contributed by atoms with E-state index in [0.29, 0.717) is 5.82 Å². The molecule has 1 saturated carbocycles. The standard InChI is InChI=1S/C22H20F3N5/c23-22(24,25)16-10-4-1-7-13(16)20-27-19(26)15-9-3-6-12-18(15)30(20)21-14-8-2-5-11-17(14)28-29-21/h1-2,4-5,7-8,10-11,15,18,26H,3,6,9,12H2,(H,28,29). The number of alkyl halides is 3. The maximum atomic E-state index is 13.8. The van der Waals surface area contributed by atoms with Crippen molar-refractivity contribution in [3.8, 4) is 0 Å². The number of para-hydroxylation sites is 1. The number of rotatable bonds is 2. The van der Waals surface area contributed by atoms with Gasteiger partial charge in [0.25, 0.3) is 0 Å². The molecular weight excluding hydrogens is 391 g/mol. The van der Waals surface area contributed by atoms with E-state index in [0.717, 1.165) is 42.7 Å². The highest BCUT2D eigenvalue weighted by molar-refractivity contribution is 6.19. The quantitative estimate of drug-likeness (QED) is 0.594. The molecule has 2 unspecified atom stereocenters. The van der Waals surface area contributed by atoms with Crippen molar-refractivity contribution in [2.24, 2.45) is 10.9 Å². The lowest BCUT2D eigenvalue weighted by molar-refractivity contribution is -0.137. The smallest absolute Gasteiger partial charge is 0.305 e. The molecule has 5 rings (SSSR count). The van der Waals surface area contributed by atoms with E-state index in [1.54, 1.807) is 6.07 Å². The van der Waals surface area contributed by atoms with Crippen molar-refractivity contribution in [3.63, 3.8) is 0 Å². The molecule has 0 saturated heterocycles. The molecule has 2 heterocycles. The van der Waals surface area contributed by atoms with Crippen molar-refractivity contribution >= 4 is 28.4 Å². The van der Waals surface area contributed by atoms with Gasteiger partial charge >= 0.3 is 6.18 Å². The second-order valence-electron chi connectivity index (χ2n) is 7.79. The summed E-state index contributed by atoms with van der Waals surface area (Å²) in [7, 11) is 0. The van der Waals surface area contributed by atoms with Crippen molar-refractivity contribution in [2.75, 3.05) is 4.90 Å². The minimum Gasteiger partial charge on any atom is -0.305 e. The second-order valence-corrected chi connectivity index (χ2v) is 7.79. The van der Waals surface area contributed by atoms with Crippen LogP contribution in [0.25, 0.3) is 10.9 Å². The van der Waals surface area contributed by atoms with Crippen LogP contribution in [0.4, 0.5) is 19.0 Å². The molecule has 1 fully saturated rings. The van der Waals surface area contributed by atoms with Gasteiger partial charge in [0.05, 0.1) is 11.1 Å². The number of nitrogens with one attached hydrogen (secondary N) is 2. The van der Waals surface area contributed by atoms with Crippen LogP contribution >= 0.6 is 0 Å². The van der Waals surface area contributed by atoms with Gasteiger partial charge in [0, 0.05) is 22.9 Å². The Morgan fingerprint density at radius 1 is 1.00 bits per heavy atom. The summed E-state index contributed by atoms with van der Waals surface area (Å²) in [6.07, 6.45) is -0.990. The third kappa shape index (κ3) is 2.98. The molecule has 0 amide bonds. The van der Waals surface area contributed by atoms with Gasteiger partial charge in [-0.2, -0.15) is 18.3 Å². The molecule has 0 spiro atoms. The van der Waals surface area contributed by atoms with Gasteiger partial charge in [0.15, 0.2) is 5.82 Å². The summed E-state index contributed by atoms with van der Waals surface area (Å²) >= 11 is 0. The van der Waals surface area contributed by atoms with Crippen LogP contribution in [-0.2, 0) is 6.18 Å². The Kier molecular flexibility index (Phi) is 4.38. The summed E-state index contributed by atoms with van der Waals surface area (Å²) < 4.78 is 41.4. The highest BCUT2D eigenvalue weighted by Crippen LogP contribution is 2.40. The van der Waals surface area contributed by atoms with E-state index in [2.05, 4.69) is 15.2 Å². The normalized spacial score (nSPS) is 22.2. The van der Waals surface area contributed by atoms with Crippen molar-refractivity contribution in [1.82, 2.24) is 10.2 Å². The van der Waals surface area contributed by atoms with Gasteiger partial charge in [0.1, 0.15) is 11.7 Å². The van der Waals surface area contributed by atoms with E-state index < -0.39 is 11.7 Å². The minimum absolute atomic E-state index is 0.0224. The number of aromatic nitrogens is 2. The molecule has 3 aromatic rings. The fourth-order valence-electron chi connectivity index (χ4n) is 4.65. The van der Waals surface area contributed by atoms with Gasteiger partial charge in [-0.3, -0.25) is 10.5 Å². The van der Waals surface area contributed by atoms with Crippen LogP contribution < -0.4 is 4.90 Å². The maximum absolute atomic E-state index is 13.8. The average Bonchev–Trinajstić information content (AvgIpc) is 3.17. The number of aliphatic imine (C=N–C) groups is 1. The van der Waals surface area contributed by atoms with Crippen molar-refractivity contribution < 1.29 is 13.2 Å². The maximum Gasteiger partial charge on any atom is 0.417 e. The SMILES string of the molecule is N=C1N=C(c2ccccc2C(F)(F)F)N(c2n[nH]c3ccccc23)C2CCCCC12. The summed E-state index contributed by atoms with van der Waals surface area (Å²) in [5.74, 6) is 0.748. The molecule has 1 aliphatic carbocycles. The summed E-state index contributed by atoms with van der Waals surface area (Å²) in [6.45, 7) is 0. The molecule has 154 valence electrons. The number of hydrogen-bond acceptors (Lipinski definition) is 3. The first-order valence-electron chi connectivity index (χ1n) is 10.0. The Labute approximate surface area is 171 Å². The molecule has 8 heteroatoms. The Balaban J connectivity index is 1.75. The first kappa shape index (κ1) is 18.8. The summed E-state index contributed by atoms with van der Waals surface area (Å²) in [5.41, 5.74) is 0.0328. The topological polar surface area (TPSA) is 68.1 Å². The predicted molar refractivity (Wildman–Crippen MR) is 110 cm³/mol. The van der Waals surface area contributed by atoms with Crippen LogP contribution in [0.3, 0.4) is 0 Å². The lowest BCUT2D eigenvalue weighted by Crippen LogP contribution is -2.53. The number of nitrogens with zero attached hydrogens (tertiary/aromatic N) is 3. The van der Waals surface area contributed by atoms with Gasteiger partial charge in [0.2, 0.25) is 0 Å². The second kappa shape index (κ2) is 6.97. The number of H-pyrrole nitrogens is 1. The van der Waals surface area contributed by atoms with Crippen LogP contribution in [0.15, 0.2) is 53.5 Å². The third-order valence-corrected chi connectivity index (χ3v) is 6.02. The molecule has 0 bridgehead atoms. The Bertz CT molecular complexity index is 1150. The van der Waals surface area contributed by atoms with E-state index in [-0.39, 0.29) is 29.2 Å². The molecule has 5 nitrogen and oxygen atoms in total. The first-order valence-corrected chi connectivity index (χ1v) is 10.0. The molecule has 2 atom stereocenters.